The normalized spacial score (nSPS) is 14.4. The van der Waals surface area contributed by atoms with E-state index in [2.05, 4.69) is 15.0 Å². The van der Waals surface area contributed by atoms with Crippen LogP contribution < -0.4 is 10.0 Å². The van der Waals surface area contributed by atoms with Crippen molar-refractivity contribution in [1.82, 2.24) is 19.6 Å². The van der Waals surface area contributed by atoms with E-state index in [9.17, 15) is 13.2 Å². The highest BCUT2D eigenvalue weighted by molar-refractivity contribution is 7.89. The number of benzene rings is 2. The van der Waals surface area contributed by atoms with Gasteiger partial charge in [0.2, 0.25) is 10.0 Å². The second kappa shape index (κ2) is 6.79. The third-order valence-electron chi connectivity index (χ3n) is 4.59. The van der Waals surface area contributed by atoms with Crippen molar-refractivity contribution in [2.24, 2.45) is 7.05 Å². The quantitative estimate of drug-likeness (QED) is 0.679. The summed E-state index contributed by atoms with van der Waals surface area (Å²) in [4.78, 5) is 17.1. The van der Waals surface area contributed by atoms with Crippen LogP contribution in [0.3, 0.4) is 0 Å². The molecular formula is C19H20N4O3S. The Hall–Kier alpha value is -2.71. The Labute approximate surface area is 157 Å². The lowest BCUT2D eigenvalue weighted by atomic mass is 10.2. The zero-order chi connectivity index (χ0) is 19.0. The van der Waals surface area contributed by atoms with Crippen molar-refractivity contribution in [2.45, 2.75) is 30.3 Å². The first kappa shape index (κ1) is 17.7. The summed E-state index contributed by atoms with van der Waals surface area (Å²) >= 11 is 0. The zero-order valence-corrected chi connectivity index (χ0v) is 15.7. The van der Waals surface area contributed by atoms with Crippen molar-refractivity contribution in [1.29, 1.82) is 0 Å². The van der Waals surface area contributed by atoms with E-state index in [0.29, 0.717) is 5.56 Å². The van der Waals surface area contributed by atoms with Crippen LogP contribution in [0.25, 0.3) is 11.0 Å². The van der Waals surface area contributed by atoms with Crippen LogP contribution in [0.4, 0.5) is 0 Å². The summed E-state index contributed by atoms with van der Waals surface area (Å²) in [6.45, 7) is 0.251. The van der Waals surface area contributed by atoms with Gasteiger partial charge < -0.3 is 9.88 Å². The monoisotopic (exact) mass is 384 g/mol. The van der Waals surface area contributed by atoms with Crippen LogP contribution in [0.2, 0.25) is 0 Å². The fourth-order valence-corrected chi connectivity index (χ4v) is 4.26. The highest BCUT2D eigenvalue weighted by Gasteiger charge is 2.28. The number of fused-ring (bicyclic) bond motifs is 1. The Morgan fingerprint density at radius 2 is 1.96 bits per heavy atom. The van der Waals surface area contributed by atoms with E-state index in [0.717, 1.165) is 29.7 Å². The minimum Gasteiger partial charge on any atom is -0.345 e. The molecule has 7 nitrogen and oxygen atoms in total. The largest absolute Gasteiger partial charge is 0.345 e. The number of hydrogen-bond donors (Lipinski definition) is 2. The highest BCUT2D eigenvalue weighted by Crippen LogP contribution is 2.22. The first-order chi connectivity index (χ1) is 12.9. The molecule has 1 saturated carbocycles. The Kier molecular flexibility index (Phi) is 4.45. The molecule has 1 aliphatic carbocycles. The molecule has 1 heterocycles. The summed E-state index contributed by atoms with van der Waals surface area (Å²) in [6.07, 6.45) is 1.72. The van der Waals surface area contributed by atoms with Gasteiger partial charge in [0.05, 0.1) is 22.5 Å². The lowest BCUT2D eigenvalue weighted by Gasteiger charge is -2.09. The van der Waals surface area contributed by atoms with E-state index in [-0.39, 0.29) is 23.4 Å². The van der Waals surface area contributed by atoms with Crippen LogP contribution in [0.5, 0.6) is 0 Å². The number of aryl methyl sites for hydroxylation is 1. The van der Waals surface area contributed by atoms with E-state index in [1.54, 1.807) is 12.1 Å². The summed E-state index contributed by atoms with van der Waals surface area (Å²) in [5.41, 5.74) is 2.15. The first-order valence-electron chi connectivity index (χ1n) is 8.75. The molecule has 0 unspecified atom stereocenters. The van der Waals surface area contributed by atoms with Crippen molar-refractivity contribution in [3.05, 3.63) is 59.9 Å². The van der Waals surface area contributed by atoms with Crippen LogP contribution >= 0.6 is 0 Å². The van der Waals surface area contributed by atoms with Gasteiger partial charge in [-0.05, 0) is 43.2 Å². The molecule has 140 valence electrons. The maximum atomic E-state index is 12.5. The number of carbonyl (C=O) groups excluding carboxylic acids is 1. The summed E-state index contributed by atoms with van der Waals surface area (Å²) in [5.74, 6) is 0.384. The molecule has 1 amide bonds. The molecule has 0 bridgehead atoms. The molecule has 0 saturated heterocycles. The standard InChI is InChI=1S/C19H20N4O3S/c1-23-17-8-3-2-7-16(17)21-18(23)12-20-19(24)13-5-4-6-15(11-13)27(25,26)22-14-9-10-14/h2-8,11,14,22H,9-10,12H2,1H3,(H,20,24). The second-order valence-corrected chi connectivity index (χ2v) is 8.40. The molecule has 4 rings (SSSR count). The third-order valence-corrected chi connectivity index (χ3v) is 6.11. The number of hydrogen-bond acceptors (Lipinski definition) is 4. The smallest absolute Gasteiger partial charge is 0.251 e. The van der Waals surface area contributed by atoms with Gasteiger partial charge in [0.15, 0.2) is 0 Å². The number of para-hydroxylation sites is 2. The average Bonchev–Trinajstić information content (AvgIpc) is 3.42. The van der Waals surface area contributed by atoms with Gasteiger partial charge in [-0.15, -0.1) is 0 Å². The fraction of sp³-hybridized carbons (Fsp3) is 0.263. The molecule has 1 aliphatic rings. The molecule has 0 aliphatic heterocycles. The maximum absolute atomic E-state index is 12.5. The topological polar surface area (TPSA) is 93.1 Å². The predicted molar refractivity (Wildman–Crippen MR) is 102 cm³/mol. The number of nitrogens with one attached hydrogen (secondary N) is 2. The minimum absolute atomic E-state index is 0.0185. The van der Waals surface area contributed by atoms with Gasteiger partial charge in [-0.2, -0.15) is 0 Å². The lowest BCUT2D eigenvalue weighted by Crippen LogP contribution is -2.27. The van der Waals surface area contributed by atoms with E-state index in [1.165, 1.54) is 12.1 Å². The van der Waals surface area contributed by atoms with Gasteiger partial charge in [0.25, 0.3) is 5.91 Å². The molecule has 2 N–H and O–H groups in total. The summed E-state index contributed by atoms with van der Waals surface area (Å²) in [7, 11) is -1.69. The molecular weight excluding hydrogens is 364 g/mol. The highest BCUT2D eigenvalue weighted by atomic mass is 32.2. The second-order valence-electron chi connectivity index (χ2n) is 6.68. The molecule has 3 aromatic rings. The third kappa shape index (κ3) is 3.72. The number of rotatable bonds is 6. The van der Waals surface area contributed by atoms with Crippen LogP contribution in [0.15, 0.2) is 53.4 Å². The average molecular weight is 384 g/mol. The van der Waals surface area contributed by atoms with Crippen LogP contribution in [-0.2, 0) is 23.6 Å². The van der Waals surface area contributed by atoms with Crippen molar-refractivity contribution < 1.29 is 13.2 Å². The van der Waals surface area contributed by atoms with Crippen molar-refractivity contribution in [2.75, 3.05) is 0 Å². The van der Waals surface area contributed by atoms with E-state index in [1.807, 2.05) is 35.9 Å². The maximum Gasteiger partial charge on any atom is 0.251 e. The number of aromatic nitrogens is 2. The van der Waals surface area contributed by atoms with Gasteiger partial charge in [0, 0.05) is 18.7 Å². The molecule has 8 heteroatoms. The molecule has 0 radical (unpaired) electrons. The molecule has 0 spiro atoms. The lowest BCUT2D eigenvalue weighted by molar-refractivity contribution is 0.0949. The van der Waals surface area contributed by atoms with Gasteiger partial charge in [-0.1, -0.05) is 18.2 Å². The predicted octanol–water partition coefficient (Wildman–Crippen LogP) is 1.94. The number of imidazole rings is 1. The van der Waals surface area contributed by atoms with Gasteiger partial charge >= 0.3 is 0 Å². The fourth-order valence-electron chi connectivity index (χ4n) is 2.91. The van der Waals surface area contributed by atoms with Crippen molar-refractivity contribution in [3.8, 4) is 0 Å². The van der Waals surface area contributed by atoms with Gasteiger partial charge in [0.1, 0.15) is 5.82 Å². The SMILES string of the molecule is Cn1c(CNC(=O)c2cccc(S(=O)(=O)NC3CC3)c2)nc2ccccc21. The Balaban J connectivity index is 1.49. The Morgan fingerprint density at radius 3 is 2.70 bits per heavy atom. The summed E-state index contributed by atoms with van der Waals surface area (Å²) in [5, 5.41) is 2.81. The molecule has 27 heavy (non-hydrogen) atoms. The summed E-state index contributed by atoms with van der Waals surface area (Å²) < 4.78 is 29.2. The number of amides is 1. The molecule has 1 fully saturated rings. The molecule has 0 atom stereocenters. The van der Waals surface area contributed by atoms with Crippen molar-refractivity contribution >= 4 is 27.0 Å². The van der Waals surface area contributed by atoms with Crippen LogP contribution in [0.1, 0.15) is 29.0 Å². The van der Waals surface area contributed by atoms with E-state index in [4.69, 9.17) is 0 Å². The minimum atomic E-state index is -3.59. The number of carbonyl (C=O) groups is 1. The van der Waals surface area contributed by atoms with Gasteiger partial charge in [-0.25, -0.2) is 18.1 Å². The van der Waals surface area contributed by atoms with Crippen LogP contribution in [0, 0.1) is 0 Å². The Bertz CT molecular complexity index is 1120. The first-order valence-corrected chi connectivity index (χ1v) is 10.2. The van der Waals surface area contributed by atoms with Crippen molar-refractivity contribution in [3.63, 3.8) is 0 Å². The number of nitrogens with zero attached hydrogens (tertiary/aromatic N) is 2. The molecule has 1 aromatic heterocycles. The Morgan fingerprint density at radius 1 is 1.19 bits per heavy atom. The van der Waals surface area contributed by atoms with Crippen LogP contribution in [-0.4, -0.2) is 29.9 Å². The van der Waals surface area contributed by atoms with E-state index >= 15 is 0 Å². The number of sulfonamides is 1. The van der Waals surface area contributed by atoms with E-state index < -0.39 is 10.0 Å². The zero-order valence-electron chi connectivity index (χ0n) is 14.8. The van der Waals surface area contributed by atoms with Gasteiger partial charge in [-0.3, -0.25) is 4.79 Å². The molecule has 2 aromatic carbocycles. The summed E-state index contributed by atoms with van der Waals surface area (Å²) in [6, 6.07) is 13.8.